The number of carbonyl (C=O) groups excluding carboxylic acids is 4. The van der Waals surface area contributed by atoms with E-state index in [-0.39, 0.29) is 24.8 Å². The Morgan fingerprint density at radius 2 is 1.69 bits per heavy atom. The molecule has 1 aromatic rings. The second kappa shape index (κ2) is 21.3. The molecule has 13 nitrogen and oxygen atoms in total. The number of aliphatic hydroxyl groups is 2. The van der Waals surface area contributed by atoms with Crippen molar-refractivity contribution in [1.29, 1.82) is 0 Å². The third kappa shape index (κ3) is 13.4. The van der Waals surface area contributed by atoms with Crippen LogP contribution in [0.25, 0.3) is 6.08 Å². The van der Waals surface area contributed by atoms with Crippen molar-refractivity contribution < 1.29 is 53.1 Å². The molecule has 3 fully saturated rings. The zero-order valence-electron chi connectivity index (χ0n) is 35.9. The molecular weight excluding hydrogens is 757 g/mol. The van der Waals surface area contributed by atoms with Crippen LogP contribution in [0.3, 0.4) is 0 Å². The first-order valence-electron chi connectivity index (χ1n) is 22.0. The number of ether oxygens (including phenoxy) is 5. The number of epoxide rings is 1. The van der Waals surface area contributed by atoms with Gasteiger partial charge in [-0.15, -0.1) is 0 Å². The summed E-state index contributed by atoms with van der Waals surface area (Å²) in [4.78, 5) is 54.0. The fraction of sp³-hybridized carbons (Fsp3) is 0.696. The highest BCUT2D eigenvalue weighted by molar-refractivity contribution is 5.98. The first-order chi connectivity index (χ1) is 28.1. The monoisotopic (exact) mass is 824 g/mol. The number of fused-ring (bicyclic) bond motifs is 2. The van der Waals surface area contributed by atoms with E-state index < -0.39 is 78.2 Å². The number of unbranched alkanes of at least 4 members (excludes halogenated alkanes) is 4. The molecule has 0 bridgehead atoms. The van der Waals surface area contributed by atoms with Crippen molar-refractivity contribution in [2.75, 3.05) is 6.61 Å². The molecule has 59 heavy (non-hydrogen) atoms. The summed E-state index contributed by atoms with van der Waals surface area (Å²) in [7, 11) is 0. The Bertz CT molecular complexity index is 1640. The lowest BCUT2D eigenvalue weighted by molar-refractivity contribution is -0.190. The molecule has 2 saturated heterocycles. The van der Waals surface area contributed by atoms with Gasteiger partial charge in [-0.25, -0.2) is 4.79 Å². The molecule has 0 spiro atoms. The van der Waals surface area contributed by atoms with Crippen molar-refractivity contribution in [2.45, 2.75) is 192 Å². The third-order valence-corrected chi connectivity index (χ3v) is 11.6. The molecule has 1 aromatic carbocycles. The molecule has 9 atom stereocenters. The van der Waals surface area contributed by atoms with Gasteiger partial charge in [0.1, 0.15) is 30.0 Å². The lowest BCUT2D eigenvalue weighted by Gasteiger charge is -2.32. The molecule has 2 aliphatic heterocycles. The zero-order valence-corrected chi connectivity index (χ0v) is 35.9. The van der Waals surface area contributed by atoms with E-state index in [1.165, 1.54) is 6.92 Å². The van der Waals surface area contributed by atoms with Crippen LogP contribution in [0.1, 0.15) is 147 Å². The van der Waals surface area contributed by atoms with Gasteiger partial charge in [0.05, 0.1) is 36.5 Å². The van der Waals surface area contributed by atoms with E-state index in [0.29, 0.717) is 36.5 Å². The van der Waals surface area contributed by atoms with Gasteiger partial charge >= 0.3 is 11.9 Å². The van der Waals surface area contributed by atoms with Gasteiger partial charge in [0.15, 0.2) is 5.79 Å². The van der Waals surface area contributed by atoms with Crippen LogP contribution in [0.15, 0.2) is 42.0 Å². The molecule has 0 aromatic heterocycles. The van der Waals surface area contributed by atoms with Crippen LogP contribution in [0.2, 0.25) is 0 Å². The molecule has 2 amide bonds. The SMILES string of the molecule is CCCCCC1(CCCCC)OC2C=C(C(=O)NC(C(=O)NC(CO)CCC(=O)OC(C)(C)C)C(C)O)CC(OC(=O)c3ccccc3C=CC3CCC4OC4C3)C2O1. The maximum Gasteiger partial charge on any atom is 0.339 e. The molecule has 4 N–H and O–H groups in total. The highest BCUT2D eigenvalue weighted by atomic mass is 16.8. The van der Waals surface area contributed by atoms with E-state index in [2.05, 4.69) is 30.6 Å². The van der Waals surface area contributed by atoms with Crippen LogP contribution in [0.4, 0.5) is 0 Å². The number of allylic oxidation sites excluding steroid dienone is 1. The summed E-state index contributed by atoms with van der Waals surface area (Å²) in [6.45, 7) is 10.4. The standard InChI is InChI=1S/C46H68N2O11/c1-7-9-13-23-46(24-14-10-8-2)57-38-27-32(42(52)48-40(29(3)50)43(53)47-33(28-49)20-22-39(51)58-45(4,5)6)26-37(41(38)59-46)56-44(54)34-16-12-11-15-31(34)19-17-30-18-21-35-36(25-30)55-35/h11-12,15-17,19,27,29-30,33,35-38,40-41,49-50H,7-10,13-14,18,20-26,28H2,1-6H3,(H,47,53)(H,48,52). The zero-order chi connectivity index (χ0) is 42.7. The Hall–Kier alpha value is -3.62. The third-order valence-electron chi connectivity index (χ3n) is 11.6. The number of aliphatic hydroxyl groups excluding tert-OH is 2. The second-order valence-corrected chi connectivity index (χ2v) is 17.8. The molecule has 2 heterocycles. The molecule has 328 valence electrons. The predicted octanol–water partition coefficient (Wildman–Crippen LogP) is 6.23. The quantitative estimate of drug-likeness (QED) is 0.0627. The van der Waals surface area contributed by atoms with Crippen LogP contribution in [0, 0.1) is 5.92 Å². The number of hydrogen-bond acceptors (Lipinski definition) is 11. The van der Waals surface area contributed by atoms with E-state index in [1.807, 2.05) is 18.2 Å². The smallest absolute Gasteiger partial charge is 0.339 e. The van der Waals surface area contributed by atoms with Gasteiger partial charge in [0.25, 0.3) is 0 Å². The van der Waals surface area contributed by atoms with Gasteiger partial charge in [-0.05, 0) is 89.8 Å². The normalized spacial score (nSPS) is 26.1. The van der Waals surface area contributed by atoms with Crippen LogP contribution in [-0.2, 0) is 38.1 Å². The molecule has 9 unspecified atom stereocenters. The van der Waals surface area contributed by atoms with E-state index >= 15 is 0 Å². The molecule has 4 aliphatic rings. The van der Waals surface area contributed by atoms with Crippen molar-refractivity contribution in [3.63, 3.8) is 0 Å². The fourth-order valence-electron chi connectivity index (χ4n) is 8.30. The summed E-state index contributed by atoms with van der Waals surface area (Å²) in [6.07, 6.45) is 13.1. The number of rotatable bonds is 21. The number of carbonyl (C=O) groups is 4. The highest BCUT2D eigenvalue weighted by Gasteiger charge is 2.52. The summed E-state index contributed by atoms with van der Waals surface area (Å²) in [5, 5.41) is 26.0. The first-order valence-corrected chi connectivity index (χ1v) is 22.0. The number of amides is 2. The van der Waals surface area contributed by atoms with Crippen LogP contribution in [0.5, 0.6) is 0 Å². The summed E-state index contributed by atoms with van der Waals surface area (Å²) in [6, 6.07) is 5.06. The summed E-state index contributed by atoms with van der Waals surface area (Å²) in [5.41, 5.74) is 0.658. The number of esters is 2. The Balaban J connectivity index is 1.34. The summed E-state index contributed by atoms with van der Waals surface area (Å²) < 4.78 is 30.9. The van der Waals surface area contributed by atoms with Gasteiger partial charge in [0, 0.05) is 31.3 Å². The Labute approximate surface area is 350 Å². The fourth-order valence-corrected chi connectivity index (χ4v) is 8.30. The maximum atomic E-state index is 14.1. The van der Waals surface area contributed by atoms with Crippen LogP contribution in [-0.4, -0.2) is 101 Å². The molecule has 5 rings (SSSR count). The van der Waals surface area contributed by atoms with Crippen LogP contribution < -0.4 is 10.6 Å². The average molecular weight is 825 g/mol. The van der Waals surface area contributed by atoms with Gasteiger partial charge < -0.3 is 44.5 Å². The largest absolute Gasteiger partial charge is 0.460 e. The first kappa shape index (κ1) is 46.4. The molecule has 0 radical (unpaired) electrons. The van der Waals surface area contributed by atoms with Crippen molar-refractivity contribution in [2.24, 2.45) is 5.92 Å². The molecule has 1 saturated carbocycles. The van der Waals surface area contributed by atoms with Crippen molar-refractivity contribution >= 4 is 29.8 Å². The summed E-state index contributed by atoms with van der Waals surface area (Å²) >= 11 is 0. The minimum atomic E-state index is -1.40. The molecule has 13 heteroatoms. The summed E-state index contributed by atoms with van der Waals surface area (Å²) in [5.74, 6) is -2.96. The van der Waals surface area contributed by atoms with E-state index in [1.54, 1.807) is 39.0 Å². The minimum absolute atomic E-state index is 0.0198. The Kier molecular flexibility index (Phi) is 16.7. The van der Waals surface area contributed by atoms with Gasteiger partial charge in [-0.2, -0.15) is 0 Å². The van der Waals surface area contributed by atoms with Crippen molar-refractivity contribution in [3.8, 4) is 0 Å². The van der Waals surface area contributed by atoms with E-state index in [0.717, 1.165) is 63.4 Å². The lowest BCUT2D eigenvalue weighted by atomic mass is 9.88. The molecular formula is C46H68N2O11. The number of benzene rings is 1. The number of hydrogen-bond donors (Lipinski definition) is 4. The van der Waals surface area contributed by atoms with Crippen molar-refractivity contribution in [3.05, 3.63) is 53.1 Å². The van der Waals surface area contributed by atoms with Gasteiger partial charge in [-0.3, -0.25) is 14.4 Å². The molecule has 2 aliphatic carbocycles. The predicted molar refractivity (Wildman–Crippen MR) is 222 cm³/mol. The Morgan fingerprint density at radius 3 is 2.34 bits per heavy atom. The second-order valence-electron chi connectivity index (χ2n) is 17.8. The minimum Gasteiger partial charge on any atom is -0.460 e. The number of nitrogens with one attached hydrogen (secondary N) is 2. The topological polar surface area (TPSA) is 182 Å². The average Bonchev–Trinajstić information content (AvgIpc) is 3.87. The van der Waals surface area contributed by atoms with E-state index in [9.17, 15) is 29.4 Å². The van der Waals surface area contributed by atoms with Crippen LogP contribution >= 0.6 is 0 Å². The van der Waals surface area contributed by atoms with Crippen molar-refractivity contribution in [1.82, 2.24) is 10.6 Å². The van der Waals surface area contributed by atoms with E-state index in [4.69, 9.17) is 23.7 Å². The van der Waals surface area contributed by atoms with Gasteiger partial charge in [0.2, 0.25) is 11.8 Å². The van der Waals surface area contributed by atoms with Gasteiger partial charge in [-0.1, -0.05) is 69.9 Å². The lowest BCUT2D eigenvalue weighted by Crippen LogP contribution is -2.55. The Morgan fingerprint density at radius 1 is 0.983 bits per heavy atom. The maximum absolute atomic E-state index is 14.1. The highest BCUT2D eigenvalue weighted by Crippen LogP contribution is 2.44.